The quantitative estimate of drug-likeness (QED) is 0.206. The van der Waals surface area contributed by atoms with Crippen molar-refractivity contribution in [1.82, 2.24) is 0 Å². The van der Waals surface area contributed by atoms with Crippen molar-refractivity contribution in [3.8, 4) is 0 Å². The van der Waals surface area contributed by atoms with Crippen LogP contribution >= 0.6 is 31.9 Å². The smallest absolute Gasteiger partial charge is 0.0727 e. The minimum absolute atomic E-state index is 0.218. The van der Waals surface area contributed by atoms with E-state index in [1.54, 1.807) is 0 Å². The number of alkyl halides is 2. The molecule has 0 saturated heterocycles. The van der Waals surface area contributed by atoms with E-state index in [2.05, 4.69) is 45.7 Å². The molecule has 0 aliphatic heterocycles. The molecule has 0 saturated carbocycles. The zero-order chi connectivity index (χ0) is 14.4. The second-order valence-corrected chi connectivity index (χ2v) is 9.99. The van der Waals surface area contributed by atoms with Crippen molar-refractivity contribution in [2.24, 2.45) is 0 Å². The third-order valence-electron chi connectivity index (χ3n) is 3.79. The molecule has 116 valence electrons. The van der Waals surface area contributed by atoms with Crippen molar-refractivity contribution >= 4 is 31.9 Å². The van der Waals surface area contributed by atoms with Crippen LogP contribution in [0.5, 0.6) is 0 Å². The molecule has 0 unspecified atom stereocenters. The highest BCUT2D eigenvalue weighted by Crippen LogP contribution is 2.37. The maximum absolute atomic E-state index is 3.86. The third kappa shape index (κ3) is 15.2. The van der Waals surface area contributed by atoms with E-state index < -0.39 is 0 Å². The van der Waals surface area contributed by atoms with Crippen molar-refractivity contribution in [1.29, 1.82) is 0 Å². The van der Waals surface area contributed by atoms with E-state index in [-0.39, 0.29) is 3.23 Å². The van der Waals surface area contributed by atoms with Crippen LogP contribution in [-0.2, 0) is 0 Å². The molecular formula is C17H34Br2. The van der Waals surface area contributed by atoms with Crippen molar-refractivity contribution < 1.29 is 0 Å². The van der Waals surface area contributed by atoms with Gasteiger partial charge >= 0.3 is 0 Å². The molecule has 0 aliphatic carbocycles. The molecule has 0 atom stereocenters. The lowest BCUT2D eigenvalue weighted by atomic mass is 10.0. The second kappa shape index (κ2) is 13.9. The lowest BCUT2D eigenvalue weighted by molar-refractivity contribution is 0.533. The third-order valence-corrected chi connectivity index (χ3v) is 5.38. The fourth-order valence-electron chi connectivity index (χ4n) is 2.45. The molecule has 2 heteroatoms. The van der Waals surface area contributed by atoms with Crippen LogP contribution in [0.1, 0.15) is 104 Å². The van der Waals surface area contributed by atoms with Gasteiger partial charge in [-0.25, -0.2) is 0 Å². The lowest BCUT2D eigenvalue weighted by Crippen LogP contribution is -2.10. The molecular weight excluding hydrogens is 364 g/mol. The highest BCUT2D eigenvalue weighted by atomic mass is 79.9. The molecule has 0 aromatic rings. The molecule has 0 N–H and O–H groups in total. The summed E-state index contributed by atoms with van der Waals surface area (Å²) in [6, 6.07) is 0. The van der Waals surface area contributed by atoms with Crippen LogP contribution in [0.25, 0.3) is 0 Å². The fraction of sp³-hybridized carbons (Fsp3) is 1.00. The molecule has 0 aromatic carbocycles. The first-order chi connectivity index (χ1) is 9.12. The van der Waals surface area contributed by atoms with E-state index in [4.69, 9.17) is 0 Å². The summed E-state index contributed by atoms with van der Waals surface area (Å²) in [5, 5.41) is 0. The predicted octanol–water partition coefficient (Wildman–Crippen LogP) is 7.97. The Bertz CT molecular complexity index is 160. The predicted molar refractivity (Wildman–Crippen MR) is 96.6 cm³/mol. The summed E-state index contributed by atoms with van der Waals surface area (Å²) >= 11 is 7.73. The first-order valence-corrected chi connectivity index (χ1v) is 10.1. The van der Waals surface area contributed by atoms with E-state index >= 15 is 0 Å². The zero-order valence-electron chi connectivity index (χ0n) is 13.2. The highest BCUT2D eigenvalue weighted by molar-refractivity contribution is 9.25. The van der Waals surface area contributed by atoms with Gasteiger partial charge in [0.2, 0.25) is 0 Å². The topological polar surface area (TPSA) is 0 Å². The van der Waals surface area contributed by atoms with Gasteiger partial charge in [0.25, 0.3) is 0 Å². The number of unbranched alkanes of at least 4 members (excludes halogenated alkanes) is 10. The highest BCUT2D eigenvalue weighted by Gasteiger charge is 2.20. The van der Waals surface area contributed by atoms with Gasteiger partial charge in [-0.2, -0.15) is 0 Å². The molecule has 0 spiro atoms. The molecule has 0 bridgehead atoms. The van der Waals surface area contributed by atoms with Crippen LogP contribution in [0, 0.1) is 0 Å². The maximum Gasteiger partial charge on any atom is 0.0805 e. The minimum atomic E-state index is 0.218. The SMILES string of the molecule is CCCCCCCCC(Br)(Br)CCCCCCCC. The molecule has 0 heterocycles. The summed E-state index contributed by atoms with van der Waals surface area (Å²) in [5.74, 6) is 0. The number of rotatable bonds is 14. The molecule has 0 radical (unpaired) electrons. The van der Waals surface area contributed by atoms with Crippen LogP contribution in [0.15, 0.2) is 0 Å². The molecule has 19 heavy (non-hydrogen) atoms. The van der Waals surface area contributed by atoms with Gasteiger partial charge in [0, 0.05) is 0 Å². The zero-order valence-corrected chi connectivity index (χ0v) is 16.3. The van der Waals surface area contributed by atoms with Gasteiger partial charge in [-0.05, 0) is 12.8 Å². The largest absolute Gasteiger partial charge is 0.0805 e. The number of hydrogen-bond acceptors (Lipinski definition) is 0. The van der Waals surface area contributed by atoms with Crippen LogP contribution in [-0.4, -0.2) is 3.23 Å². The van der Waals surface area contributed by atoms with E-state index in [9.17, 15) is 0 Å². The minimum Gasteiger partial charge on any atom is -0.0727 e. The van der Waals surface area contributed by atoms with E-state index in [0.29, 0.717) is 0 Å². The van der Waals surface area contributed by atoms with E-state index in [0.717, 1.165) is 0 Å². The van der Waals surface area contributed by atoms with Gasteiger partial charge in [0.05, 0.1) is 3.23 Å². The van der Waals surface area contributed by atoms with Crippen LogP contribution < -0.4 is 0 Å². The lowest BCUT2D eigenvalue weighted by Gasteiger charge is -2.20. The van der Waals surface area contributed by atoms with Gasteiger partial charge in [0.1, 0.15) is 0 Å². The second-order valence-electron chi connectivity index (χ2n) is 5.89. The Morgan fingerprint density at radius 2 is 0.842 bits per heavy atom. The fourth-order valence-corrected chi connectivity index (χ4v) is 3.57. The Morgan fingerprint density at radius 1 is 0.526 bits per heavy atom. The summed E-state index contributed by atoms with van der Waals surface area (Å²) in [4.78, 5) is 0. The Labute approximate surface area is 138 Å². The van der Waals surface area contributed by atoms with Crippen molar-refractivity contribution in [3.05, 3.63) is 0 Å². The van der Waals surface area contributed by atoms with Gasteiger partial charge in [-0.1, -0.05) is 123 Å². The normalized spacial score (nSPS) is 12.0. The molecule has 0 aromatic heterocycles. The molecule has 0 aliphatic rings. The monoisotopic (exact) mass is 396 g/mol. The number of halogens is 2. The van der Waals surface area contributed by atoms with Gasteiger partial charge in [0.15, 0.2) is 0 Å². The van der Waals surface area contributed by atoms with Gasteiger partial charge in [-0.3, -0.25) is 0 Å². The Morgan fingerprint density at radius 3 is 1.21 bits per heavy atom. The molecule has 0 fully saturated rings. The van der Waals surface area contributed by atoms with E-state index in [1.807, 2.05) is 0 Å². The van der Waals surface area contributed by atoms with E-state index in [1.165, 1.54) is 89.9 Å². The van der Waals surface area contributed by atoms with Crippen LogP contribution in [0.2, 0.25) is 0 Å². The van der Waals surface area contributed by atoms with Crippen LogP contribution in [0.3, 0.4) is 0 Å². The van der Waals surface area contributed by atoms with Gasteiger partial charge < -0.3 is 0 Å². The first kappa shape index (κ1) is 20.0. The first-order valence-electron chi connectivity index (χ1n) is 8.50. The summed E-state index contributed by atoms with van der Waals surface area (Å²) in [7, 11) is 0. The summed E-state index contributed by atoms with van der Waals surface area (Å²) in [5.41, 5.74) is 0. The van der Waals surface area contributed by atoms with Crippen molar-refractivity contribution in [2.75, 3.05) is 0 Å². The summed E-state index contributed by atoms with van der Waals surface area (Å²) in [6.45, 7) is 4.56. The van der Waals surface area contributed by atoms with Crippen molar-refractivity contribution in [2.45, 2.75) is 107 Å². The Kier molecular flexibility index (Phi) is 14.6. The Balaban J connectivity index is 3.36. The standard InChI is InChI=1S/C17H34Br2/c1-3-5-7-9-11-13-15-17(18,19)16-14-12-10-8-6-4-2/h3-16H2,1-2H3. The average molecular weight is 398 g/mol. The van der Waals surface area contributed by atoms with Gasteiger partial charge in [-0.15, -0.1) is 0 Å². The van der Waals surface area contributed by atoms with Crippen LogP contribution in [0.4, 0.5) is 0 Å². The number of hydrogen-bond donors (Lipinski definition) is 0. The molecule has 0 amide bonds. The molecule has 0 rings (SSSR count). The Hall–Kier alpha value is 0.960. The van der Waals surface area contributed by atoms with Crippen molar-refractivity contribution in [3.63, 3.8) is 0 Å². The summed E-state index contributed by atoms with van der Waals surface area (Å²) < 4.78 is 0.218. The average Bonchev–Trinajstić information content (AvgIpc) is 2.38. The maximum atomic E-state index is 3.86. The molecule has 0 nitrogen and oxygen atoms in total. The summed E-state index contributed by atoms with van der Waals surface area (Å²) in [6.07, 6.45) is 19.2.